The van der Waals surface area contributed by atoms with Gasteiger partial charge >= 0.3 is 0 Å². The monoisotopic (exact) mass is 436 g/mol. The Kier molecular flexibility index (Phi) is 5.38. The van der Waals surface area contributed by atoms with Crippen molar-refractivity contribution in [2.45, 2.75) is 39.0 Å². The molecule has 0 bridgehead atoms. The molecule has 0 saturated carbocycles. The van der Waals surface area contributed by atoms with E-state index in [9.17, 15) is 9.59 Å². The predicted octanol–water partition coefficient (Wildman–Crippen LogP) is 4.65. The molecule has 1 atom stereocenters. The molecule has 5 rings (SSSR count). The van der Waals surface area contributed by atoms with Gasteiger partial charge in [-0.05, 0) is 44.0 Å². The Bertz CT molecular complexity index is 1280. The highest BCUT2D eigenvalue weighted by Crippen LogP contribution is 2.31. The number of hydrogen-bond acceptors (Lipinski definition) is 5. The summed E-state index contributed by atoms with van der Waals surface area (Å²) in [6, 6.07) is 13.3. The normalized spacial score (nSPS) is 16.4. The van der Waals surface area contributed by atoms with Crippen LogP contribution in [0, 0.1) is 0 Å². The van der Waals surface area contributed by atoms with Crippen LogP contribution < -0.4 is 5.56 Å². The van der Waals surface area contributed by atoms with Crippen LogP contribution in [-0.4, -0.2) is 34.6 Å². The molecule has 4 heterocycles. The van der Waals surface area contributed by atoms with Gasteiger partial charge in [-0.2, -0.15) is 0 Å². The molecule has 1 saturated heterocycles. The highest BCUT2D eigenvalue weighted by atomic mass is 32.1. The largest absolute Gasteiger partial charge is 0.467 e. The zero-order chi connectivity index (χ0) is 21.4. The lowest BCUT2D eigenvalue weighted by molar-refractivity contribution is 0.0495. The van der Waals surface area contributed by atoms with E-state index < -0.39 is 0 Å². The summed E-state index contributed by atoms with van der Waals surface area (Å²) in [5.41, 5.74) is 0.846. The van der Waals surface area contributed by atoms with Crippen molar-refractivity contribution >= 4 is 38.2 Å². The van der Waals surface area contributed by atoms with E-state index in [1.165, 1.54) is 11.3 Å². The molecule has 31 heavy (non-hydrogen) atoms. The number of nitrogens with zero attached hydrogens (tertiary/aromatic N) is 2. The quantitative estimate of drug-likeness (QED) is 0.441. The second kappa shape index (κ2) is 8.32. The van der Waals surface area contributed by atoms with Gasteiger partial charge in [-0.3, -0.25) is 9.59 Å². The van der Waals surface area contributed by atoms with Crippen molar-refractivity contribution in [3.8, 4) is 0 Å². The Balaban J connectivity index is 1.57. The Morgan fingerprint density at radius 3 is 2.84 bits per heavy atom. The van der Waals surface area contributed by atoms with E-state index >= 15 is 0 Å². The van der Waals surface area contributed by atoms with E-state index in [1.807, 2.05) is 43.3 Å². The number of fused-ring (bicyclic) bond motifs is 3. The van der Waals surface area contributed by atoms with Gasteiger partial charge in [0.15, 0.2) is 0 Å². The Labute approximate surface area is 183 Å². The Hall–Kier alpha value is -2.90. The number of carbonyl (C=O) groups excluding carboxylic acids is 1. The maximum Gasteiger partial charge on any atom is 0.264 e. The summed E-state index contributed by atoms with van der Waals surface area (Å²) in [6.07, 6.45) is 3.61. The summed E-state index contributed by atoms with van der Waals surface area (Å²) in [5, 5.41) is 1.60. The van der Waals surface area contributed by atoms with Crippen LogP contribution in [0.5, 0.6) is 0 Å². The van der Waals surface area contributed by atoms with E-state index in [-0.39, 0.29) is 17.6 Å². The van der Waals surface area contributed by atoms with Crippen LogP contribution in [-0.2, 0) is 17.8 Å². The summed E-state index contributed by atoms with van der Waals surface area (Å²) in [6.45, 7) is 4.16. The predicted molar refractivity (Wildman–Crippen MR) is 122 cm³/mol. The van der Waals surface area contributed by atoms with Gasteiger partial charge in [-0.25, -0.2) is 0 Å². The molecule has 1 aromatic carbocycles. The Morgan fingerprint density at radius 2 is 2.10 bits per heavy atom. The van der Waals surface area contributed by atoms with Crippen LogP contribution in [0.3, 0.4) is 0 Å². The van der Waals surface area contributed by atoms with Crippen molar-refractivity contribution in [1.29, 1.82) is 0 Å². The maximum absolute atomic E-state index is 13.6. The number of benzene rings is 1. The topological polar surface area (TPSA) is 64.7 Å². The molecule has 1 aliphatic rings. The summed E-state index contributed by atoms with van der Waals surface area (Å²) >= 11 is 1.39. The summed E-state index contributed by atoms with van der Waals surface area (Å²) in [4.78, 5) is 29.0. The number of rotatable bonds is 6. The van der Waals surface area contributed by atoms with Crippen molar-refractivity contribution in [2.24, 2.45) is 0 Å². The van der Waals surface area contributed by atoms with Crippen LogP contribution >= 0.6 is 11.3 Å². The molecule has 1 amide bonds. The van der Waals surface area contributed by atoms with Crippen LogP contribution in [0.25, 0.3) is 21.0 Å². The SMILES string of the molecule is CCn1c(=O)c2cc(C(=O)N(Cc3ccco3)C[C@H]3CCCO3)sc2c2ccccc21. The zero-order valence-electron chi connectivity index (χ0n) is 17.4. The van der Waals surface area contributed by atoms with Crippen LogP contribution in [0.2, 0.25) is 0 Å². The number of thiophene rings is 1. The van der Waals surface area contributed by atoms with Gasteiger partial charge in [0.1, 0.15) is 5.76 Å². The lowest BCUT2D eigenvalue weighted by Crippen LogP contribution is -2.36. The van der Waals surface area contributed by atoms with Gasteiger partial charge in [0.2, 0.25) is 0 Å². The average Bonchev–Trinajstić information content (AvgIpc) is 3.55. The second-order valence-electron chi connectivity index (χ2n) is 7.82. The maximum atomic E-state index is 13.6. The van der Waals surface area contributed by atoms with Gasteiger partial charge < -0.3 is 18.6 Å². The zero-order valence-corrected chi connectivity index (χ0v) is 18.2. The molecule has 4 aromatic rings. The fourth-order valence-corrected chi connectivity index (χ4v) is 5.48. The Morgan fingerprint density at radius 1 is 1.23 bits per heavy atom. The van der Waals surface area contributed by atoms with E-state index in [2.05, 4.69) is 0 Å². The third-order valence-electron chi connectivity index (χ3n) is 5.84. The summed E-state index contributed by atoms with van der Waals surface area (Å²) < 4.78 is 13.9. The molecule has 1 aliphatic heterocycles. The molecule has 1 fully saturated rings. The lowest BCUT2D eigenvalue weighted by Gasteiger charge is -2.24. The first-order valence-electron chi connectivity index (χ1n) is 10.6. The number of aryl methyl sites for hydroxylation is 1. The average molecular weight is 437 g/mol. The molecule has 7 heteroatoms. The lowest BCUT2D eigenvalue weighted by atomic mass is 10.1. The molecular weight excluding hydrogens is 412 g/mol. The van der Waals surface area contributed by atoms with Crippen molar-refractivity contribution in [3.63, 3.8) is 0 Å². The van der Waals surface area contributed by atoms with E-state index in [1.54, 1.807) is 21.8 Å². The molecule has 0 unspecified atom stereocenters. The number of hydrogen-bond donors (Lipinski definition) is 0. The van der Waals surface area contributed by atoms with E-state index in [4.69, 9.17) is 9.15 Å². The number of amides is 1. The third kappa shape index (κ3) is 3.68. The molecule has 0 radical (unpaired) electrons. The molecule has 0 aliphatic carbocycles. The first kappa shape index (κ1) is 20.0. The molecule has 6 nitrogen and oxygen atoms in total. The first-order chi connectivity index (χ1) is 15.2. The fraction of sp³-hybridized carbons (Fsp3) is 0.333. The van der Waals surface area contributed by atoms with E-state index in [0.717, 1.165) is 40.8 Å². The van der Waals surface area contributed by atoms with Crippen LogP contribution in [0.1, 0.15) is 35.2 Å². The van der Waals surface area contributed by atoms with Gasteiger partial charge in [0, 0.05) is 29.8 Å². The molecular formula is C24H24N2O4S. The number of furan rings is 1. The standard InChI is InChI=1S/C24H24N2O4S/c1-2-26-20-10-4-3-9-18(20)22-19(23(26)27)13-21(31-22)24(28)25(14-16-7-5-11-29-16)15-17-8-6-12-30-17/h3-5,7,9-11,13,17H,2,6,8,12,14-15H2,1H3/t17-/m1/s1. The first-order valence-corrected chi connectivity index (χ1v) is 11.5. The molecule has 0 spiro atoms. The van der Waals surface area contributed by atoms with Gasteiger partial charge in [0.25, 0.3) is 11.5 Å². The summed E-state index contributed by atoms with van der Waals surface area (Å²) in [5.74, 6) is 0.630. The third-order valence-corrected chi connectivity index (χ3v) is 6.99. The van der Waals surface area contributed by atoms with Crippen molar-refractivity contribution in [1.82, 2.24) is 9.47 Å². The number of ether oxygens (including phenoxy) is 1. The summed E-state index contributed by atoms with van der Waals surface area (Å²) in [7, 11) is 0. The van der Waals surface area contributed by atoms with Crippen molar-refractivity contribution in [3.05, 3.63) is 69.7 Å². The number of aromatic nitrogens is 1. The minimum absolute atomic E-state index is 0.0337. The van der Waals surface area contributed by atoms with Gasteiger partial charge in [-0.15, -0.1) is 11.3 Å². The fourth-order valence-electron chi connectivity index (χ4n) is 4.33. The van der Waals surface area contributed by atoms with Crippen molar-refractivity contribution in [2.75, 3.05) is 13.2 Å². The van der Waals surface area contributed by atoms with Gasteiger partial charge in [-0.1, -0.05) is 18.2 Å². The molecule has 0 N–H and O–H groups in total. The van der Waals surface area contributed by atoms with Crippen LogP contribution in [0.15, 0.2) is 57.9 Å². The number of carbonyl (C=O) groups is 1. The van der Waals surface area contributed by atoms with Crippen molar-refractivity contribution < 1.29 is 13.9 Å². The minimum atomic E-state index is -0.0976. The second-order valence-corrected chi connectivity index (χ2v) is 8.87. The number of para-hydroxylation sites is 1. The highest BCUT2D eigenvalue weighted by molar-refractivity contribution is 7.21. The molecule has 160 valence electrons. The van der Waals surface area contributed by atoms with Crippen LogP contribution in [0.4, 0.5) is 0 Å². The molecule has 3 aromatic heterocycles. The highest BCUT2D eigenvalue weighted by Gasteiger charge is 2.26. The van der Waals surface area contributed by atoms with Gasteiger partial charge in [0.05, 0.1) is 34.7 Å². The van der Waals surface area contributed by atoms with E-state index in [0.29, 0.717) is 29.9 Å². The smallest absolute Gasteiger partial charge is 0.264 e. The number of pyridine rings is 1. The minimum Gasteiger partial charge on any atom is -0.467 e.